The summed E-state index contributed by atoms with van der Waals surface area (Å²) < 4.78 is 1.03. The molecule has 20 heavy (non-hydrogen) atoms. The van der Waals surface area contributed by atoms with Gasteiger partial charge in [0.05, 0.1) is 6.54 Å². The summed E-state index contributed by atoms with van der Waals surface area (Å²) in [6, 6.07) is 9.60. The van der Waals surface area contributed by atoms with Gasteiger partial charge in [0.15, 0.2) is 0 Å². The summed E-state index contributed by atoms with van der Waals surface area (Å²) >= 11 is 0. The minimum absolute atomic E-state index is 0.0805. The highest BCUT2D eigenvalue weighted by atomic mass is 16.3. The van der Waals surface area contributed by atoms with Crippen LogP contribution in [0.25, 0.3) is 0 Å². The van der Waals surface area contributed by atoms with Crippen molar-refractivity contribution in [2.45, 2.75) is 51.6 Å². The first-order valence-electron chi connectivity index (χ1n) is 7.23. The van der Waals surface area contributed by atoms with Crippen molar-refractivity contribution in [2.75, 3.05) is 11.4 Å². The van der Waals surface area contributed by atoms with E-state index in [1.54, 1.807) is 4.90 Å². The minimum atomic E-state index is -0.947. The van der Waals surface area contributed by atoms with E-state index in [0.29, 0.717) is 19.4 Å². The molecular formula is C16H23N2O2+. The van der Waals surface area contributed by atoms with Crippen molar-refractivity contribution in [1.29, 1.82) is 0 Å². The number of amides is 1. The Morgan fingerprint density at radius 1 is 1.15 bits per heavy atom. The predicted molar refractivity (Wildman–Crippen MR) is 79.8 cm³/mol. The predicted octanol–water partition coefficient (Wildman–Crippen LogP) is 3.15. The molecule has 0 radical (unpaired) electrons. The van der Waals surface area contributed by atoms with Crippen molar-refractivity contribution in [2.24, 2.45) is 0 Å². The molecule has 0 unspecified atom stereocenters. The van der Waals surface area contributed by atoms with Crippen molar-refractivity contribution >= 4 is 11.6 Å². The van der Waals surface area contributed by atoms with Crippen LogP contribution < -0.4 is 4.90 Å². The number of rotatable bonds is 3. The van der Waals surface area contributed by atoms with Crippen molar-refractivity contribution in [1.82, 2.24) is 0 Å². The van der Waals surface area contributed by atoms with Crippen molar-refractivity contribution in [3.8, 4) is 0 Å². The molecule has 1 aliphatic heterocycles. The summed E-state index contributed by atoms with van der Waals surface area (Å²) in [4.78, 5) is 27.3. The van der Waals surface area contributed by atoms with Crippen molar-refractivity contribution in [3.63, 3.8) is 0 Å². The number of para-hydroxylation sites is 1. The normalized spacial score (nSPS) is 21.1. The average molecular weight is 275 g/mol. The van der Waals surface area contributed by atoms with Gasteiger partial charge in [-0.3, -0.25) is 9.69 Å². The molecule has 0 bridgehead atoms. The third-order valence-electron chi connectivity index (χ3n) is 4.36. The van der Waals surface area contributed by atoms with Gasteiger partial charge in [-0.1, -0.05) is 32.0 Å². The second-order valence-electron chi connectivity index (χ2n) is 6.07. The van der Waals surface area contributed by atoms with Crippen LogP contribution in [0, 0.1) is 4.91 Å². The van der Waals surface area contributed by atoms with E-state index in [1.807, 2.05) is 58.0 Å². The maximum Gasteiger partial charge on any atom is 0.303 e. The first-order valence-corrected chi connectivity index (χ1v) is 7.23. The molecule has 1 amide bonds. The van der Waals surface area contributed by atoms with Crippen molar-refractivity contribution < 1.29 is 9.55 Å². The molecule has 0 atom stereocenters. The number of nitrogens with zero attached hydrogens (tertiary/aromatic N) is 2. The summed E-state index contributed by atoms with van der Waals surface area (Å²) in [6.45, 7) is 8.06. The van der Waals surface area contributed by atoms with Gasteiger partial charge in [0, 0.05) is 42.0 Å². The Hall–Kier alpha value is -1.71. The number of anilines is 1. The highest BCUT2D eigenvalue weighted by Crippen LogP contribution is 2.36. The smallest absolute Gasteiger partial charge is 0.299 e. The molecule has 0 saturated carbocycles. The lowest BCUT2D eigenvalue weighted by atomic mass is 9.83. The maximum absolute atomic E-state index is 12.9. The molecule has 1 aromatic rings. The standard InChI is InChI=1S/C16H23N2O2/c1-5-16(6-2)14(19)17(12-15(3,4)18(16)20)13-10-8-7-9-11-13/h7-11H,5-6,12H2,1-4H3/q+1. The van der Waals surface area contributed by atoms with Crippen LogP contribution in [-0.4, -0.2) is 28.3 Å². The van der Waals surface area contributed by atoms with Gasteiger partial charge in [-0.2, -0.15) is 0 Å². The van der Waals surface area contributed by atoms with E-state index >= 15 is 0 Å². The molecular weight excluding hydrogens is 252 g/mol. The summed E-state index contributed by atoms with van der Waals surface area (Å²) in [5.74, 6) is -0.0805. The Balaban J connectivity index is 2.51. The van der Waals surface area contributed by atoms with Crippen LogP contribution in [0.4, 0.5) is 5.69 Å². The molecule has 2 rings (SSSR count). The Kier molecular flexibility index (Phi) is 3.67. The average Bonchev–Trinajstić information content (AvgIpc) is 2.46. The number of nitroso groups, excluding NO2 is 1. The Morgan fingerprint density at radius 2 is 1.70 bits per heavy atom. The van der Waals surface area contributed by atoms with Gasteiger partial charge >= 0.3 is 5.91 Å². The monoisotopic (exact) mass is 275 g/mol. The topological polar surface area (TPSA) is 40.4 Å². The number of carbonyl (C=O) groups is 1. The number of piperazine rings is 1. The SMILES string of the molecule is CCC1(CC)C(=O)N(c2ccccc2)CC(C)(C)[N+]1=O. The van der Waals surface area contributed by atoms with Gasteiger partial charge in [0.25, 0.3) is 5.54 Å². The first-order chi connectivity index (χ1) is 9.39. The molecule has 1 heterocycles. The van der Waals surface area contributed by atoms with Gasteiger partial charge in [0.1, 0.15) is 0 Å². The lowest BCUT2D eigenvalue weighted by molar-refractivity contribution is -0.677. The summed E-state index contributed by atoms with van der Waals surface area (Å²) in [6.07, 6.45) is 1.05. The molecule has 1 aliphatic rings. The van der Waals surface area contributed by atoms with E-state index in [4.69, 9.17) is 0 Å². The molecule has 0 aliphatic carbocycles. The van der Waals surface area contributed by atoms with Crippen LogP contribution in [0.3, 0.4) is 0 Å². The maximum atomic E-state index is 12.9. The number of hydrogen-bond acceptors (Lipinski definition) is 2. The van der Waals surface area contributed by atoms with E-state index in [1.165, 1.54) is 0 Å². The van der Waals surface area contributed by atoms with Gasteiger partial charge in [-0.25, -0.2) is 0 Å². The fourth-order valence-electron chi connectivity index (χ4n) is 3.10. The first kappa shape index (κ1) is 14.7. The second-order valence-corrected chi connectivity index (χ2v) is 6.07. The molecule has 4 nitrogen and oxygen atoms in total. The fraction of sp³-hybridized carbons (Fsp3) is 0.562. The van der Waals surface area contributed by atoms with Gasteiger partial charge in [0.2, 0.25) is 5.54 Å². The van der Waals surface area contributed by atoms with Crippen molar-refractivity contribution in [3.05, 3.63) is 35.2 Å². The third kappa shape index (κ3) is 2.03. The number of carbonyl (C=O) groups excluding carboxylic acids is 1. The molecule has 1 aromatic carbocycles. The molecule has 1 fully saturated rings. The molecule has 0 spiro atoms. The van der Waals surface area contributed by atoms with E-state index in [0.717, 1.165) is 10.4 Å². The zero-order valence-electron chi connectivity index (χ0n) is 12.7. The molecule has 1 saturated heterocycles. The Morgan fingerprint density at radius 3 is 2.20 bits per heavy atom. The summed E-state index contributed by atoms with van der Waals surface area (Å²) in [7, 11) is 0. The lowest BCUT2D eigenvalue weighted by Gasteiger charge is -2.40. The lowest BCUT2D eigenvalue weighted by Crippen LogP contribution is -2.68. The molecule has 0 aromatic heterocycles. The second kappa shape index (κ2) is 5.00. The molecule has 108 valence electrons. The number of benzene rings is 1. The van der Waals surface area contributed by atoms with E-state index in [9.17, 15) is 9.70 Å². The molecule has 0 N–H and O–H groups in total. The largest absolute Gasteiger partial charge is 0.303 e. The van der Waals surface area contributed by atoms with Crippen LogP contribution in [0.2, 0.25) is 0 Å². The fourth-order valence-corrected chi connectivity index (χ4v) is 3.10. The van der Waals surface area contributed by atoms with Gasteiger partial charge in [-0.05, 0) is 12.1 Å². The summed E-state index contributed by atoms with van der Waals surface area (Å²) in [5, 5.41) is 0. The van der Waals surface area contributed by atoms with Gasteiger partial charge < -0.3 is 0 Å². The Labute approximate surface area is 120 Å². The highest BCUT2D eigenvalue weighted by molar-refractivity contribution is 6.00. The zero-order chi connectivity index (χ0) is 15.0. The minimum Gasteiger partial charge on any atom is -0.299 e. The van der Waals surface area contributed by atoms with Crippen LogP contribution in [0.1, 0.15) is 40.5 Å². The van der Waals surface area contributed by atoms with E-state index in [2.05, 4.69) is 0 Å². The van der Waals surface area contributed by atoms with Crippen LogP contribution in [0.5, 0.6) is 0 Å². The quantitative estimate of drug-likeness (QED) is 0.795. The Bertz CT molecular complexity index is 519. The third-order valence-corrected chi connectivity index (χ3v) is 4.36. The summed E-state index contributed by atoms with van der Waals surface area (Å²) in [5.41, 5.74) is -0.669. The van der Waals surface area contributed by atoms with E-state index in [-0.39, 0.29) is 5.91 Å². The number of hydrogen-bond donors (Lipinski definition) is 0. The molecule has 4 heteroatoms. The van der Waals surface area contributed by atoms with Gasteiger partial charge in [-0.15, -0.1) is 0 Å². The van der Waals surface area contributed by atoms with Crippen LogP contribution in [0.15, 0.2) is 30.3 Å². The highest BCUT2D eigenvalue weighted by Gasteiger charge is 2.62. The zero-order valence-corrected chi connectivity index (χ0v) is 12.7. The van der Waals surface area contributed by atoms with Crippen LogP contribution >= 0.6 is 0 Å². The van der Waals surface area contributed by atoms with E-state index < -0.39 is 11.1 Å². The van der Waals surface area contributed by atoms with Crippen LogP contribution in [-0.2, 0) is 4.79 Å².